The minimum atomic E-state index is -3.81. The molecule has 0 aliphatic rings. The Kier molecular flexibility index (Phi) is 3.74. The van der Waals surface area contributed by atoms with Gasteiger partial charge in [-0.25, -0.2) is 8.42 Å². The summed E-state index contributed by atoms with van der Waals surface area (Å²) in [5.74, 6) is 0. The van der Waals surface area contributed by atoms with Crippen molar-refractivity contribution in [1.29, 1.82) is 5.26 Å². The van der Waals surface area contributed by atoms with Crippen LogP contribution in [-0.2, 0) is 10.0 Å². The van der Waals surface area contributed by atoms with Gasteiger partial charge >= 0.3 is 0 Å². The Morgan fingerprint density at radius 3 is 2.37 bits per heavy atom. The highest BCUT2D eigenvalue weighted by molar-refractivity contribution is 7.92. The third-order valence-corrected chi connectivity index (χ3v) is 4.28. The summed E-state index contributed by atoms with van der Waals surface area (Å²) in [6.07, 6.45) is 0. The van der Waals surface area contributed by atoms with E-state index in [0.29, 0.717) is 0 Å². The molecule has 19 heavy (non-hydrogen) atoms. The molecule has 2 rings (SSSR count). The van der Waals surface area contributed by atoms with Gasteiger partial charge in [-0.3, -0.25) is 4.72 Å². The van der Waals surface area contributed by atoms with E-state index in [1.807, 2.05) is 6.07 Å². The first-order valence-corrected chi connectivity index (χ1v) is 7.17. The Bertz CT molecular complexity index is 751. The maximum absolute atomic E-state index is 12.2. The topological polar surface area (TPSA) is 70.0 Å². The summed E-state index contributed by atoms with van der Waals surface area (Å²) in [5, 5.41) is 9.06. The molecule has 0 atom stereocenters. The van der Waals surface area contributed by atoms with Crippen molar-refractivity contribution in [3.05, 3.63) is 59.1 Å². The number of nitrogens with one attached hydrogen (secondary N) is 1. The van der Waals surface area contributed by atoms with E-state index >= 15 is 0 Å². The summed E-state index contributed by atoms with van der Waals surface area (Å²) in [7, 11) is -3.81. The second-order valence-electron chi connectivity index (χ2n) is 3.69. The van der Waals surface area contributed by atoms with Gasteiger partial charge in [0.15, 0.2) is 0 Å². The van der Waals surface area contributed by atoms with Crippen LogP contribution in [0, 0.1) is 11.3 Å². The van der Waals surface area contributed by atoms with E-state index in [1.165, 1.54) is 24.3 Å². The molecule has 96 valence electrons. The Balaban J connectivity index is 2.44. The predicted octanol–water partition coefficient (Wildman–Crippen LogP) is 3.01. The molecule has 0 saturated carbocycles. The fraction of sp³-hybridized carbons (Fsp3) is 0. The van der Waals surface area contributed by atoms with E-state index in [2.05, 4.69) is 4.72 Å². The van der Waals surface area contributed by atoms with Crippen LogP contribution in [0.5, 0.6) is 0 Å². The standard InChI is InChI=1S/C13H9ClN2O2S/c14-11-6-2-4-8-13(11)19(17,18)16-12-7-3-1-5-10(12)9-15/h1-8,16H. The largest absolute Gasteiger partial charge is 0.278 e. The first-order valence-electron chi connectivity index (χ1n) is 5.31. The van der Waals surface area contributed by atoms with Crippen molar-refractivity contribution in [1.82, 2.24) is 0 Å². The van der Waals surface area contributed by atoms with Crippen molar-refractivity contribution in [2.45, 2.75) is 4.90 Å². The number of hydrogen-bond acceptors (Lipinski definition) is 3. The van der Waals surface area contributed by atoms with Crippen LogP contribution >= 0.6 is 11.6 Å². The van der Waals surface area contributed by atoms with Crippen molar-refractivity contribution >= 4 is 27.3 Å². The lowest BCUT2D eigenvalue weighted by Gasteiger charge is -2.10. The van der Waals surface area contributed by atoms with Gasteiger partial charge in [-0.1, -0.05) is 35.9 Å². The summed E-state index contributed by atoms with van der Waals surface area (Å²) < 4.78 is 26.7. The molecule has 2 aromatic carbocycles. The average Bonchev–Trinajstić information content (AvgIpc) is 2.39. The fourth-order valence-corrected chi connectivity index (χ4v) is 3.13. The van der Waals surface area contributed by atoms with Crippen molar-refractivity contribution in [3.8, 4) is 6.07 Å². The zero-order valence-corrected chi connectivity index (χ0v) is 11.2. The fourth-order valence-electron chi connectivity index (χ4n) is 1.53. The Morgan fingerprint density at radius 1 is 1.05 bits per heavy atom. The second kappa shape index (κ2) is 5.31. The molecule has 0 fully saturated rings. The SMILES string of the molecule is N#Cc1ccccc1NS(=O)(=O)c1ccccc1Cl. The lowest BCUT2D eigenvalue weighted by atomic mass is 10.2. The van der Waals surface area contributed by atoms with E-state index in [1.54, 1.807) is 24.3 Å². The van der Waals surface area contributed by atoms with Gasteiger partial charge in [0, 0.05) is 0 Å². The third kappa shape index (κ3) is 2.87. The van der Waals surface area contributed by atoms with Crippen LogP contribution in [0.15, 0.2) is 53.4 Å². The van der Waals surface area contributed by atoms with Crippen LogP contribution in [0.4, 0.5) is 5.69 Å². The third-order valence-electron chi connectivity index (χ3n) is 2.42. The monoisotopic (exact) mass is 292 g/mol. The number of sulfonamides is 1. The van der Waals surface area contributed by atoms with Gasteiger partial charge in [0.2, 0.25) is 0 Å². The molecule has 2 aromatic rings. The van der Waals surface area contributed by atoms with Gasteiger partial charge in [0.25, 0.3) is 10.0 Å². The lowest BCUT2D eigenvalue weighted by molar-refractivity contribution is 0.601. The van der Waals surface area contributed by atoms with Crippen LogP contribution in [0.2, 0.25) is 5.02 Å². The molecule has 0 aliphatic carbocycles. The maximum Gasteiger partial charge on any atom is 0.263 e. The molecular weight excluding hydrogens is 284 g/mol. The minimum absolute atomic E-state index is 0.0237. The molecule has 0 amide bonds. The minimum Gasteiger partial charge on any atom is -0.278 e. The van der Waals surface area contributed by atoms with Crippen molar-refractivity contribution in [2.24, 2.45) is 0 Å². The second-order valence-corrected chi connectivity index (χ2v) is 5.75. The van der Waals surface area contributed by atoms with E-state index in [-0.39, 0.29) is 21.2 Å². The van der Waals surface area contributed by atoms with Gasteiger partial charge in [0.05, 0.1) is 16.3 Å². The average molecular weight is 293 g/mol. The zero-order chi connectivity index (χ0) is 13.9. The Hall–Kier alpha value is -2.03. The van der Waals surface area contributed by atoms with Gasteiger partial charge in [-0.05, 0) is 24.3 Å². The zero-order valence-electron chi connectivity index (χ0n) is 9.67. The highest BCUT2D eigenvalue weighted by Crippen LogP contribution is 2.24. The molecule has 4 nitrogen and oxygen atoms in total. The van der Waals surface area contributed by atoms with E-state index in [0.717, 1.165) is 0 Å². The molecule has 0 aromatic heterocycles. The summed E-state index contributed by atoms with van der Waals surface area (Å²) in [5.41, 5.74) is 0.475. The van der Waals surface area contributed by atoms with Gasteiger partial charge in [-0.2, -0.15) is 5.26 Å². The van der Waals surface area contributed by atoms with Crippen molar-refractivity contribution < 1.29 is 8.42 Å². The van der Waals surface area contributed by atoms with Crippen LogP contribution in [0.1, 0.15) is 5.56 Å². The van der Waals surface area contributed by atoms with Crippen LogP contribution < -0.4 is 4.72 Å². The highest BCUT2D eigenvalue weighted by atomic mass is 35.5. The number of nitrogens with zero attached hydrogens (tertiary/aromatic N) is 1. The maximum atomic E-state index is 12.2. The van der Waals surface area contributed by atoms with E-state index in [4.69, 9.17) is 16.9 Å². The van der Waals surface area contributed by atoms with E-state index < -0.39 is 10.0 Å². The van der Waals surface area contributed by atoms with Crippen molar-refractivity contribution in [2.75, 3.05) is 4.72 Å². The molecule has 0 bridgehead atoms. The molecular formula is C13H9ClN2O2S. The molecule has 0 unspecified atom stereocenters. The molecule has 0 spiro atoms. The Labute approximate surface area is 116 Å². The summed E-state index contributed by atoms with van der Waals surface area (Å²) in [6, 6.07) is 14.4. The molecule has 0 heterocycles. The van der Waals surface area contributed by atoms with E-state index in [9.17, 15) is 8.42 Å². The number of nitriles is 1. The Morgan fingerprint density at radius 2 is 1.68 bits per heavy atom. The van der Waals surface area contributed by atoms with Gasteiger partial charge in [-0.15, -0.1) is 0 Å². The summed E-state index contributed by atoms with van der Waals surface area (Å²) in [4.78, 5) is -0.0237. The number of benzene rings is 2. The molecule has 0 radical (unpaired) electrons. The number of anilines is 1. The predicted molar refractivity (Wildman–Crippen MR) is 73.4 cm³/mol. The first kappa shape index (κ1) is 13.4. The van der Waals surface area contributed by atoms with Gasteiger partial charge in [0.1, 0.15) is 11.0 Å². The van der Waals surface area contributed by atoms with Gasteiger partial charge < -0.3 is 0 Å². The van der Waals surface area contributed by atoms with Crippen LogP contribution in [-0.4, -0.2) is 8.42 Å². The quantitative estimate of drug-likeness (QED) is 0.945. The molecule has 1 N–H and O–H groups in total. The summed E-state index contributed by atoms with van der Waals surface area (Å²) in [6.45, 7) is 0. The van der Waals surface area contributed by atoms with Crippen LogP contribution in [0.25, 0.3) is 0 Å². The number of halogens is 1. The molecule has 0 aliphatic heterocycles. The first-order chi connectivity index (χ1) is 9.04. The van der Waals surface area contributed by atoms with Crippen molar-refractivity contribution in [3.63, 3.8) is 0 Å². The lowest BCUT2D eigenvalue weighted by Crippen LogP contribution is -2.14. The molecule has 6 heteroatoms. The summed E-state index contributed by atoms with van der Waals surface area (Å²) >= 11 is 5.86. The van der Waals surface area contributed by atoms with Crippen LogP contribution in [0.3, 0.4) is 0 Å². The molecule has 0 saturated heterocycles. The smallest absolute Gasteiger partial charge is 0.263 e. The number of para-hydroxylation sites is 1. The number of hydrogen-bond donors (Lipinski definition) is 1. The highest BCUT2D eigenvalue weighted by Gasteiger charge is 2.18. The normalized spacial score (nSPS) is 10.7. The number of rotatable bonds is 3.